The summed E-state index contributed by atoms with van der Waals surface area (Å²) in [6.45, 7) is 0.941. The third-order valence-corrected chi connectivity index (χ3v) is 8.40. The second kappa shape index (κ2) is 8.01. The van der Waals surface area contributed by atoms with Crippen molar-refractivity contribution in [3.63, 3.8) is 0 Å². The number of imidazole rings is 1. The summed E-state index contributed by atoms with van der Waals surface area (Å²) in [5, 5.41) is 11.4. The standard InChI is InChI=1S/C24H27N5O2S/c30-12-17-7-4-10-28(17)24-20-21(25-13-26-23(20)31)22(32-24)15-8-9-19-18(11-15)27-14-29(19)16-5-2-1-3-6-16/h8-9,11,13-14,16-17,30H,1-7,10,12H2,(H,25,26,31)/t17-/m1/s1. The Morgan fingerprint density at radius 3 is 2.84 bits per heavy atom. The average molecular weight is 450 g/mol. The summed E-state index contributed by atoms with van der Waals surface area (Å²) in [6.07, 6.45) is 11.8. The first-order valence-corrected chi connectivity index (χ1v) is 12.4. The van der Waals surface area contributed by atoms with E-state index in [0.717, 1.165) is 45.9 Å². The van der Waals surface area contributed by atoms with Crippen molar-refractivity contribution in [2.45, 2.75) is 57.0 Å². The lowest BCUT2D eigenvalue weighted by Gasteiger charge is -2.23. The average Bonchev–Trinajstić information content (AvgIpc) is 3.55. The Hall–Kier alpha value is -2.71. The number of rotatable bonds is 4. The first-order chi connectivity index (χ1) is 15.7. The summed E-state index contributed by atoms with van der Waals surface area (Å²) in [7, 11) is 0. The summed E-state index contributed by atoms with van der Waals surface area (Å²) in [6, 6.07) is 7.02. The lowest BCUT2D eigenvalue weighted by Crippen LogP contribution is -2.32. The molecule has 7 nitrogen and oxygen atoms in total. The summed E-state index contributed by atoms with van der Waals surface area (Å²) in [4.78, 5) is 28.0. The van der Waals surface area contributed by atoms with Crippen LogP contribution in [0.2, 0.25) is 0 Å². The van der Waals surface area contributed by atoms with E-state index in [1.54, 1.807) is 11.3 Å². The first kappa shape index (κ1) is 19.9. The van der Waals surface area contributed by atoms with Gasteiger partial charge in [-0.2, -0.15) is 0 Å². The monoisotopic (exact) mass is 449 g/mol. The van der Waals surface area contributed by atoms with Crippen molar-refractivity contribution in [3.05, 3.63) is 41.2 Å². The van der Waals surface area contributed by atoms with E-state index in [2.05, 4.69) is 37.6 Å². The zero-order valence-electron chi connectivity index (χ0n) is 18.0. The molecule has 2 N–H and O–H groups in total. The number of aromatic nitrogens is 4. The minimum absolute atomic E-state index is 0.0537. The normalized spacial score (nSPS) is 20.0. The highest BCUT2D eigenvalue weighted by Crippen LogP contribution is 2.44. The topological polar surface area (TPSA) is 87.0 Å². The highest BCUT2D eigenvalue weighted by molar-refractivity contribution is 7.21. The molecule has 4 aromatic rings. The number of H-pyrrole nitrogens is 1. The molecule has 0 spiro atoms. The summed E-state index contributed by atoms with van der Waals surface area (Å²) in [5.41, 5.74) is 3.79. The highest BCUT2D eigenvalue weighted by Gasteiger charge is 2.29. The Morgan fingerprint density at radius 1 is 1.12 bits per heavy atom. The van der Waals surface area contributed by atoms with E-state index in [1.165, 1.54) is 43.9 Å². The molecule has 1 atom stereocenters. The van der Waals surface area contributed by atoms with E-state index in [1.807, 2.05) is 6.33 Å². The Balaban J connectivity index is 1.47. The zero-order chi connectivity index (χ0) is 21.7. The van der Waals surface area contributed by atoms with Crippen molar-refractivity contribution in [3.8, 4) is 10.4 Å². The molecular weight excluding hydrogens is 422 g/mol. The molecule has 1 saturated carbocycles. The fourth-order valence-corrected chi connectivity index (χ4v) is 6.82. The number of nitrogens with zero attached hydrogens (tertiary/aromatic N) is 4. The van der Waals surface area contributed by atoms with Crippen molar-refractivity contribution in [2.24, 2.45) is 0 Å². The molecule has 0 unspecified atom stereocenters. The van der Waals surface area contributed by atoms with E-state index >= 15 is 0 Å². The highest BCUT2D eigenvalue weighted by atomic mass is 32.1. The fraction of sp³-hybridized carbons (Fsp3) is 0.458. The quantitative estimate of drug-likeness (QED) is 0.480. The van der Waals surface area contributed by atoms with Crippen LogP contribution in [0.3, 0.4) is 0 Å². The first-order valence-electron chi connectivity index (χ1n) is 11.6. The molecule has 0 amide bonds. The summed E-state index contributed by atoms with van der Waals surface area (Å²) >= 11 is 1.60. The minimum Gasteiger partial charge on any atom is -0.394 e. The predicted molar refractivity (Wildman–Crippen MR) is 129 cm³/mol. The maximum atomic E-state index is 12.8. The molecule has 1 aromatic carbocycles. The molecule has 2 aliphatic rings. The van der Waals surface area contributed by atoms with Gasteiger partial charge in [-0.3, -0.25) is 4.79 Å². The minimum atomic E-state index is -0.126. The van der Waals surface area contributed by atoms with Crippen LogP contribution >= 0.6 is 11.3 Å². The van der Waals surface area contributed by atoms with E-state index in [4.69, 9.17) is 4.98 Å². The predicted octanol–water partition coefficient (Wildman–Crippen LogP) is 4.47. The molecule has 0 bridgehead atoms. The lowest BCUT2D eigenvalue weighted by atomic mass is 9.95. The number of benzene rings is 1. The number of fused-ring (bicyclic) bond motifs is 2. The summed E-state index contributed by atoms with van der Waals surface area (Å²) < 4.78 is 2.34. The number of nitrogens with one attached hydrogen (secondary N) is 1. The molecule has 3 aromatic heterocycles. The van der Waals surface area contributed by atoms with E-state index in [9.17, 15) is 9.90 Å². The van der Waals surface area contributed by atoms with Gasteiger partial charge < -0.3 is 19.6 Å². The van der Waals surface area contributed by atoms with Gasteiger partial charge in [0.25, 0.3) is 5.56 Å². The third kappa shape index (κ3) is 3.16. The molecule has 4 heterocycles. The van der Waals surface area contributed by atoms with Gasteiger partial charge in [0.15, 0.2) is 0 Å². The molecule has 166 valence electrons. The second-order valence-corrected chi connectivity index (χ2v) is 10.0. The van der Waals surface area contributed by atoms with Crippen LogP contribution < -0.4 is 10.5 Å². The van der Waals surface area contributed by atoms with Crippen LogP contribution in [-0.4, -0.2) is 43.8 Å². The van der Waals surface area contributed by atoms with Crippen molar-refractivity contribution >= 4 is 38.3 Å². The Kier molecular flexibility index (Phi) is 4.99. The fourth-order valence-electron chi connectivity index (χ4n) is 5.48. The van der Waals surface area contributed by atoms with Gasteiger partial charge in [-0.05, 0) is 43.4 Å². The second-order valence-electron chi connectivity index (χ2n) is 9.01. The Morgan fingerprint density at radius 2 is 2.00 bits per heavy atom. The van der Waals surface area contributed by atoms with Crippen LogP contribution in [0.4, 0.5) is 5.00 Å². The van der Waals surface area contributed by atoms with Crippen LogP contribution in [-0.2, 0) is 0 Å². The number of thiophene rings is 1. The molecule has 2 fully saturated rings. The van der Waals surface area contributed by atoms with Crippen molar-refractivity contribution in [1.29, 1.82) is 0 Å². The van der Waals surface area contributed by atoms with Gasteiger partial charge in [-0.25, -0.2) is 9.97 Å². The van der Waals surface area contributed by atoms with Crippen molar-refractivity contribution < 1.29 is 5.11 Å². The number of hydrogen-bond donors (Lipinski definition) is 2. The van der Waals surface area contributed by atoms with Crippen LogP contribution in [0.15, 0.2) is 35.6 Å². The molecule has 1 aliphatic carbocycles. The van der Waals surface area contributed by atoms with E-state index < -0.39 is 0 Å². The summed E-state index contributed by atoms with van der Waals surface area (Å²) in [5.74, 6) is 0. The van der Waals surface area contributed by atoms with Gasteiger partial charge in [0.2, 0.25) is 0 Å². The van der Waals surface area contributed by atoms with Crippen LogP contribution in [0.25, 0.3) is 32.4 Å². The zero-order valence-corrected chi connectivity index (χ0v) is 18.8. The van der Waals surface area contributed by atoms with Crippen molar-refractivity contribution in [1.82, 2.24) is 19.5 Å². The van der Waals surface area contributed by atoms with Gasteiger partial charge in [0.1, 0.15) is 10.4 Å². The maximum absolute atomic E-state index is 12.8. The van der Waals surface area contributed by atoms with Crippen LogP contribution in [0.1, 0.15) is 51.0 Å². The van der Waals surface area contributed by atoms with E-state index in [-0.39, 0.29) is 18.2 Å². The molecule has 0 radical (unpaired) electrons. The molecule has 1 saturated heterocycles. The van der Waals surface area contributed by atoms with E-state index in [0.29, 0.717) is 11.4 Å². The van der Waals surface area contributed by atoms with Gasteiger partial charge in [-0.15, -0.1) is 11.3 Å². The van der Waals surface area contributed by atoms with Gasteiger partial charge in [0, 0.05) is 12.6 Å². The third-order valence-electron chi connectivity index (χ3n) is 7.13. The van der Waals surface area contributed by atoms with Gasteiger partial charge in [0.05, 0.1) is 46.7 Å². The molecule has 32 heavy (non-hydrogen) atoms. The molecule has 6 rings (SSSR count). The largest absolute Gasteiger partial charge is 0.394 e. The molecular formula is C24H27N5O2S. The molecule has 1 aliphatic heterocycles. The lowest BCUT2D eigenvalue weighted by molar-refractivity contribution is 0.267. The van der Waals surface area contributed by atoms with Crippen molar-refractivity contribution in [2.75, 3.05) is 18.1 Å². The molecule has 8 heteroatoms. The number of aromatic amines is 1. The Labute approximate surface area is 189 Å². The number of aliphatic hydroxyl groups excluding tert-OH is 1. The Bertz CT molecular complexity index is 1330. The SMILES string of the molecule is O=c1[nH]cnc2c(-c3ccc4c(c3)ncn4C3CCCCC3)sc(N3CCC[C@@H]3CO)c12. The van der Waals surface area contributed by atoms with Gasteiger partial charge in [-0.1, -0.05) is 25.3 Å². The number of hydrogen-bond acceptors (Lipinski definition) is 6. The van der Waals surface area contributed by atoms with Gasteiger partial charge >= 0.3 is 0 Å². The van der Waals surface area contributed by atoms with Crippen LogP contribution in [0.5, 0.6) is 0 Å². The smallest absolute Gasteiger partial charge is 0.261 e. The maximum Gasteiger partial charge on any atom is 0.261 e. The number of aliphatic hydroxyl groups is 1. The van der Waals surface area contributed by atoms with Crippen LogP contribution in [0, 0.1) is 0 Å². The number of anilines is 1.